The van der Waals surface area contributed by atoms with Crippen LogP contribution in [0, 0.1) is 11.8 Å². The summed E-state index contributed by atoms with van der Waals surface area (Å²) in [6.07, 6.45) is 6.37. The summed E-state index contributed by atoms with van der Waals surface area (Å²) in [5, 5.41) is 3.29. The number of piperidine rings is 1. The number of carbonyl (C=O) groups excluding carboxylic acids is 2. The molecule has 2 aliphatic rings. The maximum Gasteiger partial charge on any atom is 0.270 e. The largest absolute Gasteiger partial charge is 0.394 e. The number of rotatable bonds is 9. The van der Waals surface area contributed by atoms with Crippen LogP contribution in [0.2, 0.25) is 0 Å². The Balaban J connectivity index is 2.13. The summed E-state index contributed by atoms with van der Waals surface area (Å²) in [4.78, 5) is 34.5. The van der Waals surface area contributed by atoms with Crippen LogP contribution in [0.1, 0.15) is 72.6 Å². The molecule has 182 valence electrons. The molecule has 2 amide bonds. The highest BCUT2D eigenvalue weighted by Gasteiger charge is 2.28. The molecule has 1 saturated carbocycles. The number of aliphatic imine (C=N–C) groups is 1. The van der Waals surface area contributed by atoms with Crippen molar-refractivity contribution in [1.29, 1.82) is 0 Å². The molecular formula is C25H45N5O2. The molecule has 0 aromatic carbocycles. The van der Waals surface area contributed by atoms with E-state index in [9.17, 15) is 9.59 Å². The fourth-order valence-corrected chi connectivity index (χ4v) is 4.52. The summed E-state index contributed by atoms with van der Waals surface area (Å²) in [5.41, 5.74) is 8.48. The lowest BCUT2D eigenvalue weighted by atomic mass is 9.84. The minimum absolute atomic E-state index is 0.0667. The minimum atomic E-state index is -0.0766. The van der Waals surface area contributed by atoms with Gasteiger partial charge in [0.25, 0.3) is 5.91 Å². The van der Waals surface area contributed by atoms with E-state index < -0.39 is 0 Å². The van der Waals surface area contributed by atoms with Gasteiger partial charge in [-0.3, -0.25) is 14.6 Å². The molecule has 32 heavy (non-hydrogen) atoms. The zero-order valence-electron chi connectivity index (χ0n) is 21.0. The van der Waals surface area contributed by atoms with Crippen molar-refractivity contribution in [2.75, 3.05) is 39.8 Å². The maximum atomic E-state index is 13.1. The Bertz CT molecular complexity index is 692. The van der Waals surface area contributed by atoms with Gasteiger partial charge in [-0.05, 0) is 63.8 Å². The molecular weight excluding hydrogens is 402 g/mol. The van der Waals surface area contributed by atoms with E-state index in [2.05, 4.69) is 33.0 Å². The first-order valence-corrected chi connectivity index (χ1v) is 12.5. The van der Waals surface area contributed by atoms with Gasteiger partial charge in [-0.2, -0.15) is 0 Å². The van der Waals surface area contributed by atoms with Crippen LogP contribution in [-0.4, -0.2) is 73.1 Å². The van der Waals surface area contributed by atoms with Crippen molar-refractivity contribution in [3.05, 3.63) is 11.3 Å². The highest BCUT2D eigenvalue weighted by atomic mass is 16.2. The molecule has 1 saturated heterocycles. The Morgan fingerprint density at radius 2 is 1.91 bits per heavy atom. The third-order valence-electron chi connectivity index (χ3n) is 6.75. The standard InChI is InChI=1S/C25H45N5O2/c1-6-12-29(13-9-18(2)3)23(31)17-28-22-8-7-19(4)16-21(22)24(26)25(32)30-14-10-20(27-5)11-15-30/h18-20,27H,6-17,26H2,1-5H3/b24-21-,28-22?. The summed E-state index contributed by atoms with van der Waals surface area (Å²) < 4.78 is 0. The van der Waals surface area contributed by atoms with Crippen LogP contribution in [0.25, 0.3) is 0 Å². The number of carbonyl (C=O) groups is 2. The second-order valence-electron chi connectivity index (χ2n) is 9.92. The van der Waals surface area contributed by atoms with E-state index in [1.54, 1.807) is 0 Å². The van der Waals surface area contributed by atoms with E-state index in [1.165, 1.54) is 0 Å². The van der Waals surface area contributed by atoms with Gasteiger partial charge in [-0.1, -0.05) is 27.7 Å². The molecule has 0 spiro atoms. The molecule has 0 aromatic rings. The van der Waals surface area contributed by atoms with Crippen molar-refractivity contribution >= 4 is 17.5 Å². The summed E-state index contributed by atoms with van der Waals surface area (Å²) in [6.45, 7) is 11.8. The van der Waals surface area contributed by atoms with Gasteiger partial charge in [0.1, 0.15) is 12.2 Å². The lowest BCUT2D eigenvalue weighted by molar-refractivity contribution is -0.130. The quantitative estimate of drug-likeness (QED) is 0.532. The summed E-state index contributed by atoms with van der Waals surface area (Å²) >= 11 is 0. The van der Waals surface area contributed by atoms with Gasteiger partial charge >= 0.3 is 0 Å². The van der Waals surface area contributed by atoms with Crippen LogP contribution in [0.4, 0.5) is 0 Å². The average molecular weight is 448 g/mol. The van der Waals surface area contributed by atoms with E-state index in [0.29, 0.717) is 23.6 Å². The highest BCUT2D eigenvalue weighted by Crippen LogP contribution is 2.28. The van der Waals surface area contributed by atoms with Gasteiger partial charge in [-0.25, -0.2) is 0 Å². The first-order valence-electron chi connectivity index (χ1n) is 12.5. The number of likely N-dealkylation sites (tertiary alicyclic amines) is 1. The number of nitrogens with zero attached hydrogens (tertiary/aromatic N) is 3. The first kappa shape index (κ1) is 26.4. The lowest BCUT2D eigenvalue weighted by Crippen LogP contribution is -2.46. The molecule has 1 unspecified atom stereocenters. The third-order valence-corrected chi connectivity index (χ3v) is 6.75. The van der Waals surface area contributed by atoms with Gasteiger partial charge in [-0.15, -0.1) is 0 Å². The molecule has 1 heterocycles. The normalized spacial score (nSPS) is 23.0. The first-order chi connectivity index (χ1) is 15.3. The molecule has 0 radical (unpaired) electrons. The van der Waals surface area contributed by atoms with E-state index in [1.807, 2.05) is 16.8 Å². The van der Waals surface area contributed by atoms with Crippen molar-refractivity contribution in [2.24, 2.45) is 22.6 Å². The summed E-state index contributed by atoms with van der Waals surface area (Å²) in [5.74, 6) is 1.01. The van der Waals surface area contributed by atoms with Crippen LogP contribution in [0.5, 0.6) is 0 Å². The van der Waals surface area contributed by atoms with Crippen LogP contribution in [0.15, 0.2) is 16.3 Å². The Hall–Kier alpha value is -1.89. The molecule has 1 aliphatic heterocycles. The van der Waals surface area contributed by atoms with E-state index in [4.69, 9.17) is 10.7 Å². The molecule has 7 nitrogen and oxygen atoms in total. The van der Waals surface area contributed by atoms with E-state index in [-0.39, 0.29) is 18.4 Å². The zero-order chi connectivity index (χ0) is 23.7. The Morgan fingerprint density at radius 1 is 1.22 bits per heavy atom. The summed E-state index contributed by atoms with van der Waals surface area (Å²) in [7, 11) is 1.97. The fourth-order valence-electron chi connectivity index (χ4n) is 4.52. The van der Waals surface area contributed by atoms with Gasteiger partial charge in [0, 0.05) is 43.5 Å². The third kappa shape index (κ3) is 7.61. The molecule has 1 atom stereocenters. The van der Waals surface area contributed by atoms with Crippen molar-refractivity contribution in [3.8, 4) is 0 Å². The van der Waals surface area contributed by atoms with Crippen molar-refractivity contribution in [3.63, 3.8) is 0 Å². The van der Waals surface area contributed by atoms with Crippen LogP contribution in [0.3, 0.4) is 0 Å². The minimum Gasteiger partial charge on any atom is -0.394 e. The number of nitrogens with one attached hydrogen (secondary N) is 1. The summed E-state index contributed by atoms with van der Waals surface area (Å²) in [6, 6.07) is 0.465. The fraction of sp³-hybridized carbons (Fsp3) is 0.800. The molecule has 1 aliphatic carbocycles. The number of amides is 2. The monoisotopic (exact) mass is 447 g/mol. The number of nitrogens with two attached hydrogens (primary N) is 1. The van der Waals surface area contributed by atoms with E-state index in [0.717, 1.165) is 82.4 Å². The zero-order valence-corrected chi connectivity index (χ0v) is 21.0. The molecule has 2 fully saturated rings. The van der Waals surface area contributed by atoms with Crippen LogP contribution in [-0.2, 0) is 9.59 Å². The predicted octanol–water partition coefficient (Wildman–Crippen LogP) is 2.96. The number of hydrogen-bond acceptors (Lipinski definition) is 5. The lowest BCUT2D eigenvalue weighted by Gasteiger charge is -2.33. The van der Waals surface area contributed by atoms with Gasteiger partial charge in [0.05, 0.1) is 0 Å². The van der Waals surface area contributed by atoms with Gasteiger partial charge in [0.2, 0.25) is 5.91 Å². The van der Waals surface area contributed by atoms with Crippen LogP contribution < -0.4 is 11.1 Å². The second-order valence-corrected chi connectivity index (χ2v) is 9.92. The Labute approximate surface area is 194 Å². The molecule has 2 rings (SSSR count). The maximum absolute atomic E-state index is 13.1. The number of hydrogen-bond donors (Lipinski definition) is 2. The average Bonchev–Trinajstić information content (AvgIpc) is 2.79. The number of allylic oxidation sites excluding steroid dienone is 1. The van der Waals surface area contributed by atoms with E-state index >= 15 is 0 Å². The molecule has 0 aromatic heterocycles. The smallest absolute Gasteiger partial charge is 0.270 e. The molecule has 3 N–H and O–H groups in total. The van der Waals surface area contributed by atoms with Crippen molar-refractivity contribution in [1.82, 2.24) is 15.1 Å². The topological polar surface area (TPSA) is 91.0 Å². The molecule has 7 heteroatoms. The Morgan fingerprint density at radius 3 is 2.50 bits per heavy atom. The van der Waals surface area contributed by atoms with Crippen molar-refractivity contribution in [2.45, 2.75) is 78.7 Å². The van der Waals surface area contributed by atoms with Crippen molar-refractivity contribution < 1.29 is 9.59 Å². The predicted molar refractivity (Wildman–Crippen MR) is 132 cm³/mol. The van der Waals surface area contributed by atoms with Gasteiger partial charge in [0.15, 0.2) is 0 Å². The highest BCUT2D eigenvalue weighted by molar-refractivity contribution is 6.08. The molecule has 0 bridgehead atoms. The second kappa shape index (κ2) is 13.0. The van der Waals surface area contributed by atoms with Crippen LogP contribution >= 0.6 is 0 Å². The van der Waals surface area contributed by atoms with Gasteiger partial charge < -0.3 is 20.9 Å². The Kier molecular flexibility index (Phi) is 10.7. The SMILES string of the molecule is CCCN(CCC(C)C)C(=O)CN=C1CCC(C)C/C1=C(/N)C(=O)N1CCC(NC)CC1.